The smallest absolute Gasteiger partial charge is 0.326 e. The van der Waals surface area contributed by atoms with E-state index in [1.165, 1.54) is 29.2 Å². The van der Waals surface area contributed by atoms with Gasteiger partial charge in [-0.1, -0.05) is 12.2 Å². The zero-order valence-electron chi connectivity index (χ0n) is 16.1. The number of halogens is 1. The van der Waals surface area contributed by atoms with E-state index in [0.29, 0.717) is 18.5 Å². The molecule has 30 heavy (non-hydrogen) atoms. The first kappa shape index (κ1) is 21.2. The van der Waals surface area contributed by atoms with Crippen LogP contribution in [0.5, 0.6) is 0 Å². The number of imide groups is 1. The largest absolute Gasteiger partial charge is 0.454 e. The van der Waals surface area contributed by atoms with Gasteiger partial charge >= 0.3 is 5.97 Å². The molecular weight excluding hydrogens is 393 g/mol. The number of likely N-dealkylation sites (tertiary alicyclic amines) is 1. The fourth-order valence-corrected chi connectivity index (χ4v) is 3.60. The number of nitriles is 1. The molecule has 2 aliphatic rings. The number of esters is 1. The first-order valence-electron chi connectivity index (χ1n) is 9.51. The van der Waals surface area contributed by atoms with Gasteiger partial charge in [-0.25, -0.2) is 4.39 Å². The Morgan fingerprint density at radius 1 is 1.13 bits per heavy atom. The van der Waals surface area contributed by atoms with Gasteiger partial charge in [0.25, 0.3) is 5.91 Å². The van der Waals surface area contributed by atoms with E-state index in [1.807, 2.05) is 18.2 Å². The van der Waals surface area contributed by atoms with Gasteiger partial charge in [0.05, 0.1) is 24.3 Å². The molecule has 3 amide bonds. The molecule has 0 radical (unpaired) electrons. The van der Waals surface area contributed by atoms with Crippen LogP contribution >= 0.6 is 0 Å². The first-order valence-corrected chi connectivity index (χ1v) is 9.51. The van der Waals surface area contributed by atoms with Gasteiger partial charge < -0.3 is 9.64 Å². The summed E-state index contributed by atoms with van der Waals surface area (Å²) in [5.41, 5.74) is 0.356. The maximum absolute atomic E-state index is 13.1. The molecule has 1 aromatic rings. The number of allylic oxidation sites excluding steroid dienone is 2. The molecule has 1 aromatic carbocycles. The molecule has 1 aliphatic heterocycles. The number of carbonyl (C=O) groups excluding carboxylic acids is 4. The molecule has 8 nitrogen and oxygen atoms in total. The molecule has 0 saturated carbocycles. The van der Waals surface area contributed by atoms with E-state index >= 15 is 0 Å². The standard InChI is InChI=1S/C21H20FN3O5/c22-14-6-8-15(9-7-14)24(11-3-10-23)18(26)13-30-19(27)12-25-20(28)16-4-1-2-5-17(16)21(25)29/h1-2,6-9,16-17H,3-5,11-13H2/t16-,17-/m0/s1. The van der Waals surface area contributed by atoms with Crippen molar-refractivity contribution in [3.8, 4) is 6.07 Å². The third-order valence-electron chi connectivity index (χ3n) is 5.13. The van der Waals surface area contributed by atoms with Crippen molar-refractivity contribution in [2.24, 2.45) is 11.8 Å². The molecule has 0 unspecified atom stereocenters. The van der Waals surface area contributed by atoms with Gasteiger partial charge in [-0.2, -0.15) is 5.26 Å². The Kier molecular flexibility index (Phi) is 6.57. The number of carbonyl (C=O) groups is 4. The summed E-state index contributed by atoms with van der Waals surface area (Å²) in [6.45, 7) is -1.14. The van der Waals surface area contributed by atoms with Gasteiger partial charge in [-0.15, -0.1) is 0 Å². The minimum Gasteiger partial charge on any atom is -0.454 e. The average Bonchev–Trinajstić information content (AvgIpc) is 2.99. The van der Waals surface area contributed by atoms with Gasteiger partial charge in [-0.05, 0) is 37.1 Å². The number of hydrogen-bond donors (Lipinski definition) is 0. The molecule has 1 fully saturated rings. The summed E-state index contributed by atoms with van der Waals surface area (Å²) in [6.07, 6.45) is 4.65. The molecule has 3 rings (SSSR count). The average molecular weight is 413 g/mol. The quantitative estimate of drug-likeness (QED) is 0.381. The SMILES string of the molecule is N#CCCN(C(=O)COC(=O)CN1C(=O)[C@H]2CC=CC[C@@H]2C1=O)c1ccc(F)cc1. The summed E-state index contributed by atoms with van der Waals surface area (Å²) in [6, 6.07) is 7.02. The van der Waals surface area contributed by atoms with Crippen molar-refractivity contribution in [1.29, 1.82) is 5.26 Å². The molecule has 156 valence electrons. The second-order valence-electron chi connectivity index (χ2n) is 7.01. The molecule has 2 atom stereocenters. The van der Waals surface area contributed by atoms with E-state index in [0.717, 1.165) is 4.90 Å². The van der Waals surface area contributed by atoms with E-state index in [9.17, 15) is 23.6 Å². The fraction of sp³-hybridized carbons (Fsp3) is 0.381. The van der Waals surface area contributed by atoms with E-state index < -0.39 is 54.5 Å². The number of nitrogens with zero attached hydrogens (tertiary/aromatic N) is 3. The van der Waals surface area contributed by atoms with Gasteiger partial charge in [0.2, 0.25) is 11.8 Å². The summed E-state index contributed by atoms with van der Waals surface area (Å²) in [5, 5.41) is 8.80. The Hall–Kier alpha value is -3.54. The van der Waals surface area contributed by atoms with Crippen LogP contribution in [0, 0.1) is 29.0 Å². The molecule has 0 bridgehead atoms. The van der Waals surface area contributed by atoms with Crippen LogP contribution in [0.25, 0.3) is 0 Å². The number of hydrogen-bond acceptors (Lipinski definition) is 6. The second-order valence-corrected chi connectivity index (χ2v) is 7.01. The zero-order chi connectivity index (χ0) is 21.7. The van der Waals surface area contributed by atoms with Crippen molar-refractivity contribution in [1.82, 2.24) is 4.90 Å². The summed E-state index contributed by atoms with van der Waals surface area (Å²) in [4.78, 5) is 51.5. The van der Waals surface area contributed by atoms with Crippen LogP contribution < -0.4 is 4.90 Å². The summed E-state index contributed by atoms with van der Waals surface area (Å²) in [7, 11) is 0. The third-order valence-corrected chi connectivity index (χ3v) is 5.13. The van der Waals surface area contributed by atoms with Crippen molar-refractivity contribution in [3.63, 3.8) is 0 Å². The van der Waals surface area contributed by atoms with Crippen molar-refractivity contribution in [2.75, 3.05) is 24.6 Å². The summed E-state index contributed by atoms with van der Waals surface area (Å²) < 4.78 is 18.1. The Bertz CT molecular complexity index is 896. The Morgan fingerprint density at radius 2 is 1.73 bits per heavy atom. The number of fused-ring (bicyclic) bond motifs is 1. The lowest BCUT2D eigenvalue weighted by atomic mass is 9.85. The topological polar surface area (TPSA) is 108 Å². The monoisotopic (exact) mass is 413 g/mol. The van der Waals surface area contributed by atoms with Crippen LogP contribution in [-0.4, -0.2) is 48.3 Å². The van der Waals surface area contributed by atoms with Crippen molar-refractivity contribution in [2.45, 2.75) is 19.3 Å². The third kappa shape index (κ3) is 4.54. The number of amides is 3. The second kappa shape index (κ2) is 9.31. The number of ether oxygens (including phenoxy) is 1. The summed E-state index contributed by atoms with van der Waals surface area (Å²) in [5.74, 6) is -3.67. The normalized spacial score (nSPS) is 19.9. The van der Waals surface area contributed by atoms with Crippen LogP contribution in [0.4, 0.5) is 10.1 Å². The van der Waals surface area contributed by atoms with Crippen molar-refractivity contribution in [3.05, 3.63) is 42.2 Å². The van der Waals surface area contributed by atoms with Gasteiger partial charge in [0, 0.05) is 12.2 Å². The fourth-order valence-electron chi connectivity index (χ4n) is 3.60. The van der Waals surface area contributed by atoms with Gasteiger partial charge in [-0.3, -0.25) is 24.1 Å². The summed E-state index contributed by atoms with van der Waals surface area (Å²) >= 11 is 0. The Labute approximate surface area is 172 Å². The molecule has 0 aromatic heterocycles. The van der Waals surface area contributed by atoms with E-state index in [2.05, 4.69) is 0 Å². The Balaban J connectivity index is 1.58. The highest BCUT2D eigenvalue weighted by Gasteiger charge is 2.47. The van der Waals surface area contributed by atoms with Crippen LogP contribution in [0.1, 0.15) is 19.3 Å². The highest BCUT2D eigenvalue weighted by molar-refractivity contribution is 6.07. The van der Waals surface area contributed by atoms with Crippen LogP contribution in [0.2, 0.25) is 0 Å². The molecule has 1 saturated heterocycles. The van der Waals surface area contributed by atoms with Gasteiger partial charge in [0.1, 0.15) is 12.4 Å². The molecule has 1 heterocycles. The van der Waals surface area contributed by atoms with Gasteiger partial charge in [0.15, 0.2) is 6.61 Å². The first-order chi connectivity index (χ1) is 14.4. The Morgan fingerprint density at radius 3 is 2.30 bits per heavy atom. The van der Waals surface area contributed by atoms with Crippen molar-refractivity contribution >= 4 is 29.4 Å². The van der Waals surface area contributed by atoms with E-state index in [1.54, 1.807) is 0 Å². The number of rotatable bonds is 7. The maximum atomic E-state index is 13.1. The van der Waals surface area contributed by atoms with Crippen LogP contribution in [-0.2, 0) is 23.9 Å². The zero-order valence-corrected chi connectivity index (χ0v) is 16.1. The minimum atomic E-state index is -0.879. The lowest BCUT2D eigenvalue weighted by molar-refractivity contribution is -0.154. The van der Waals surface area contributed by atoms with Crippen LogP contribution in [0.15, 0.2) is 36.4 Å². The molecule has 9 heteroatoms. The molecular formula is C21H20FN3O5. The molecule has 1 aliphatic carbocycles. The minimum absolute atomic E-state index is 0.0324. The number of benzene rings is 1. The molecule has 0 N–H and O–H groups in total. The van der Waals surface area contributed by atoms with E-state index in [-0.39, 0.29) is 13.0 Å². The lowest BCUT2D eigenvalue weighted by Gasteiger charge is -2.22. The van der Waals surface area contributed by atoms with Crippen LogP contribution in [0.3, 0.4) is 0 Å². The van der Waals surface area contributed by atoms with Crippen molar-refractivity contribution < 1.29 is 28.3 Å². The highest BCUT2D eigenvalue weighted by atomic mass is 19.1. The molecule has 0 spiro atoms. The van der Waals surface area contributed by atoms with E-state index in [4.69, 9.17) is 10.00 Å². The predicted molar refractivity (Wildman–Crippen MR) is 102 cm³/mol. The number of anilines is 1. The maximum Gasteiger partial charge on any atom is 0.326 e. The highest BCUT2D eigenvalue weighted by Crippen LogP contribution is 2.34. The predicted octanol–water partition coefficient (Wildman–Crippen LogP) is 1.57. The lowest BCUT2D eigenvalue weighted by Crippen LogP contribution is -2.39.